The van der Waals surface area contributed by atoms with Gasteiger partial charge in [0, 0.05) is 29.1 Å². The molecule has 1 amide bonds. The van der Waals surface area contributed by atoms with E-state index in [0.29, 0.717) is 5.56 Å². The van der Waals surface area contributed by atoms with Gasteiger partial charge in [0.1, 0.15) is 0 Å². The molecule has 3 rings (SSSR count). The van der Waals surface area contributed by atoms with Gasteiger partial charge >= 0.3 is 0 Å². The van der Waals surface area contributed by atoms with Crippen LogP contribution in [0.25, 0.3) is 5.69 Å². The molecule has 0 spiro atoms. The Balaban J connectivity index is 1.73. The molecule has 0 aliphatic carbocycles. The normalized spacial score (nSPS) is 10.8. The molecule has 1 heterocycles. The zero-order valence-corrected chi connectivity index (χ0v) is 14.0. The molecule has 0 bridgehead atoms. The number of nitrogens with one attached hydrogen (secondary N) is 1. The lowest BCUT2D eigenvalue weighted by Crippen LogP contribution is -2.17. The third-order valence-corrected chi connectivity index (χ3v) is 3.82. The maximum Gasteiger partial charge on any atom is 0.271 e. The van der Waals surface area contributed by atoms with Crippen LogP contribution in [0.2, 0.25) is 0 Å². The number of benzene rings is 2. The molecular formula is C19H16N4O3. The number of amides is 1. The summed E-state index contributed by atoms with van der Waals surface area (Å²) in [7, 11) is 0. The van der Waals surface area contributed by atoms with Crippen molar-refractivity contribution in [1.29, 1.82) is 0 Å². The first kappa shape index (κ1) is 17.1. The first-order valence-corrected chi connectivity index (χ1v) is 7.88. The molecule has 130 valence electrons. The van der Waals surface area contributed by atoms with Crippen molar-refractivity contribution in [3.8, 4) is 5.69 Å². The topological polar surface area (TPSA) is 89.5 Å². The van der Waals surface area contributed by atoms with E-state index in [1.54, 1.807) is 6.21 Å². The molecule has 1 N–H and O–H groups in total. The van der Waals surface area contributed by atoms with E-state index in [2.05, 4.69) is 10.5 Å². The molecule has 0 radical (unpaired) electrons. The summed E-state index contributed by atoms with van der Waals surface area (Å²) in [5.74, 6) is -0.439. The Kier molecular flexibility index (Phi) is 4.89. The van der Waals surface area contributed by atoms with Gasteiger partial charge in [-0.3, -0.25) is 14.9 Å². The second-order valence-corrected chi connectivity index (χ2v) is 5.57. The fourth-order valence-electron chi connectivity index (χ4n) is 2.55. The molecule has 2 aromatic carbocycles. The first-order chi connectivity index (χ1) is 12.6. The molecule has 0 aliphatic rings. The molecular weight excluding hydrogens is 332 g/mol. The number of aryl methyl sites for hydroxylation is 1. The Labute approximate surface area is 149 Å². The van der Waals surface area contributed by atoms with Crippen LogP contribution in [0.1, 0.15) is 21.7 Å². The van der Waals surface area contributed by atoms with Gasteiger partial charge in [0.2, 0.25) is 0 Å². The van der Waals surface area contributed by atoms with Gasteiger partial charge in [-0.1, -0.05) is 18.2 Å². The van der Waals surface area contributed by atoms with Crippen LogP contribution in [0.5, 0.6) is 0 Å². The van der Waals surface area contributed by atoms with E-state index in [4.69, 9.17) is 0 Å². The maximum absolute atomic E-state index is 12.1. The standard InChI is InChI=1S/C19H16N4O3/c1-14-7-10-18(22(14)16-5-3-2-4-6-16)13-20-21-19(24)15-8-11-17(12-9-15)23(25)26/h2-13H,1H3,(H,21,24)/b20-13+. The summed E-state index contributed by atoms with van der Waals surface area (Å²) in [5, 5.41) is 14.6. The lowest BCUT2D eigenvalue weighted by atomic mass is 10.2. The molecule has 0 atom stereocenters. The highest BCUT2D eigenvalue weighted by Gasteiger charge is 2.09. The lowest BCUT2D eigenvalue weighted by molar-refractivity contribution is -0.384. The van der Waals surface area contributed by atoms with E-state index in [-0.39, 0.29) is 5.69 Å². The number of hydrogen-bond donors (Lipinski definition) is 1. The Morgan fingerprint density at radius 2 is 1.77 bits per heavy atom. The predicted octanol–water partition coefficient (Wildman–Crippen LogP) is 3.46. The lowest BCUT2D eigenvalue weighted by Gasteiger charge is -2.08. The minimum Gasteiger partial charge on any atom is -0.313 e. The minimum absolute atomic E-state index is 0.0683. The number of nitro groups is 1. The van der Waals surface area contributed by atoms with E-state index in [1.165, 1.54) is 24.3 Å². The van der Waals surface area contributed by atoms with Crippen molar-refractivity contribution in [2.24, 2.45) is 5.10 Å². The van der Waals surface area contributed by atoms with Crippen LogP contribution in [0.3, 0.4) is 0 Å². The Bertz CT molecular complexity index is 960. The van der Waals surface area contributed by atoms with Gasteiger partial charge in [-0.2, -0.15) is 5.10 Å². The van der Waals surface area contributed by atoms with Crippen LogP contribution in [-0.2, 0) is 0 Å². The van der Waals surface area contributed by atoms with Crippen LogP contribution in [0, 0.1) is 17.0 Å². The van der Waals surface area contributed by atoms with Gasteiger partial charge in [-0.15, -0.1) is 0 Å². The number of hydrogen-bond acceptors (Lipinski definition) is 4. The number of hydrazone groups is 1. The predicted molar refractivity (Wildman–Crippen MR) is 98.7 cm³/mol. The van der Waals surface area contributed by atoms with Crippen molar-refractivity contribution in [2.75, 3.05) is 0 Å². The largest absolute Gasteiger partial charge is 0.313 e. The number of nitro benzene ring substituents is 1. The van der Waals surface area contributed by atoms with Gasteiger partial charge in [0.15, 0.2) is 0 Å². The average molecular weight is 348 g/mol. The highest BCUT2D eigenvalue weighted by atomic mass is 16.6. The summed E-state index contributed by atoms with van der Waals surface area (Å²) in [6.07, 6.45) is 1.56. The van der Waals surface area contributed by atoms with Gasteiger partial charge in [0.05, 0.1) is 16.8 Å². The molecule has 1 aromatic heterocycles. The van der Waals surface area contributed by atoms with Crippen molar-refractivity contribution in [3.05, 3.63) is 93.8 Å². The van der Waals surface area contributed by atoms with E-state index in [9.17, 15) is 14.9 Å². The summed E-state index contributed by atoms with van der Waals surface area (Å²) < 4.78 is 2.02. The van der Waals surface area contributed by atoms with E-state index in [0.717, 1.165) is 17.1 Å². The summed E-state index contributed by atoms with van der Waals surface area (Å²) in [6.45, 7) is 1.99. The summed E-state index contributed by atoms with van der Waals surface area (Å²) in [4.78, 5) is 22.2. The number of nitrogens with zero attached hydrogens (tertiary/aromatic N) is 3. The third-order valence-electron chi connectivity index (χ3n) is 3.82. The van der Waals surface area contributed by atoms with Gasteiger partial charge in [0.25, 0.3) is 11.6 Å². The van der Waals surface area contributed by atoms with Gasteiger partial charge in [-0.25, -0.2) is 5.43 Å². The molecule has 7 heteroatoms. The number of carbonyl (C=O) groups excluding carboxylic acids is 1. The van der Waals surface area contributed by atoms with Gasteiger partial charge in [-0.05, 0) is 43.3 Å². The van der Waals surface area contributed by atoms with Gasteiger partial charge < -0.3 is 4.57 Å². The van der Waals surface area contributed by atoms with E-state index >= 15 is 0 Å². The highest BCUT2D eigenvalue weighted by molar-refractivity contribution is 5.95. The van der Waals surface area contributed by atoms with Crippen LogP contribution in [0.4, 0.5) is 5.69 Å². The summed E-state index contributed by atoms with van der Waals surface area (Å²) in [6, 6.07) is 19.0. The van der Waals surface area contributed by atoms with Crippen molar-refractivity contribution >= 4 is 17.8 Å². The van der Waals surface area contributed by atoms with Crippen LogP contribution < -0.4 is 5.43 Å². The molecule has 3 aromatic rings. The average Bonchev–Trinajstić information content (AvgIpc) is 3.03. The molecule has 0 aliphatic heterocycles. The quantitative estimate of drug-likeness (QED) is 0.435. The molecule has 0 saturated carbocycles. The first-order valence-electron chi connectivity index (χ1n) is 7.88. The van der Waals surface area contributed by atoms with Crippen LogP contribution in [0.15, 0.2) is 71.8 Å². The number of para-hydroxylation sites is 1. The third kappa shape index (κ3) is 3.67. The number of carbonyl (C=O) groups is 1. The van der Waals surface area contributed by atoms with Crippen molar-refractivity contribution < 1.29 is 9.72 Å². The zero-order chi connectivity index (χ0) is 18.5. The zero-order valence-electron chi connectivity index (χ0n) is 14.0. The molecule has 26 heavy (non-hydrogen) atoms. The van der Waals surface area contributed by atoms with Crippen molar-refractivity contribution in [1.82, 2.24) is 9.99 Å². The smallest absolute Gasteiger partial charge is 0.271 e. The van der Waals surface area contributed by atoms with Crippen molar-refractivity contribution in [3.63, 3.8) is 0 Å². The number of aromatic nitrogens is 1. The van der Waals surface area contributed by atoms with Crippen LogP contribution in [-0.4, -0.2) is 21.6 Å². The second kappa shape index (κ2) is 7.43. The minimum atomic E-state index is -0.514. The highest BCUT2D eigenvalue weighted by Crippen LogP contribution is 2.15. The Morgan fingerprint density at radius 3 is 2.42 bits per heavy atom. The summed E-state index contributed by atoms with van der Waals surface area (Å²) >= 11 is 0. The molecule has 7 nitrogen and oxygen atoms in total. The second-order valence-electron chi connectivity index (χ2n) is 5.57. The van der Waals surface area contributed by atoms with E-state index in [1.807, 2.05) is 54.0 Å². The molecule has 0 fully saturated rings. The van der Waals surface area contributed by atoms with E-state index < -0.39 is 10.8 Å². The summed E-state index contributed by atoms with van der Waals surface area (Å²) in [5.41, 5.74) is 5.51. The SMILES string of the molecule is Cc1ccc(/C=N/NC(=O)c2ccc([N+](=O)[O-])cc2)n1-c1ccccc1. The van der Waals surface area contributed by atoms with Crippen LogP contribution >= 0.6 is 0 Å². The Hall–Kier alpha value is -3.74. The monoisotopic (exact) mass is 348 g/mol. The van der Waals surface area contributed by atoms with Crippen molar-refractivity contribution in [2.45, 2.75) is 6.92 Å². The fraction of sp³-hybridized carbons (Fsp3) is 0.0526. The number of rotatable bonds is 5. The molecule has 0 unspecified atom stereocenters. The Morgan fingerprint density at radius 1 is 1.08 bits per heavy atom. The number of non-ortho nitro benzene ring substituents is 1. The fourth-order valence-corrected chi connectivity index (χ4v) is 2.55. The maximum atomic E-state index is 12.1. The molecule has 0 saturated heterocycles.